The molecule has 4 heteroatoms. The van der Waals surface area contributed by atoms with Crippen molar-refractivity contribution in [2.24, 2.45) is 0 Å². The maximum atomic E-state index is 6.13. The molecule has 0 spiro atoms. The molecule has 0 saturated heterocycles. The molecule has 0 aliphatic heterocycles. The molecule has 76 valence electrons. The van der Waals surface area contributed by atoms with Gasteiger partial charge in [-0.25, -0.2) is 0 Å². The van der Waals surface area contributed by atoms with Crippen LogP contribution in [0.5, 0.6) is 0 Å². The van der Waals surface area contributed by atoms with E-state index in [0.29, 0.717) is 0 Å². The molecular formula is C10H14BClO2. The van der Waals surface area contributed by atoms with Crippen LogP contribution in [0.15, 0.2) is 30.3 Å². The predicted octanol–water partition coefficient (Wildman–Crippen LogP) is 2.16. The van der Waals surface area contributed by atoms with E-state index in [2.05, 4.69) is 0 Å². The quantitative estimate of drug-likeness (QED) is 0.550. The second-order valence-corrected chi connectivity index (χ2v) is 3.61. The summed E-state index contributed by atoms with van der Waals surface area (Å²) in [4.78, 5) is 0. The van der Waals surface area contributed by atoms with Crippen molar-refractivity contribution in [3.8, 4) is 0 Å². The lowest BCUT2D eigenvalue weighted by Crippen LogP contribution is -2.32. The van der Waals surface area contributed by atoms with Crippen molar-refractivity contribution in [1.29, 1.82) is 0 Å². The van der Waals surface area contributed by atoms with Crippen molar-refractivity contribution >= 4 is 18.7 Å². The van der Waals surface area contributed by atoms with Gasteiger partial charge in [0.05, 0.1) is 5.28 Å². The molecule has 14 heavy (non-hydrogen) atoms. The van der Waals surface area contributed by atoms with Gasteiger partial charge in [0.25, 0.3) is 0 Å². The Balaban J connectivity index is 2.52. The van der Waals surface area contributed by atoms with E-state index in [1.165, 1.54) is 5.56 Å². The molecule has 0 aliphatic rings. The number of benzene rings is 1. The standard InChI is InChI=1S/C10H14BClO2/c1-13-11(14-2)10(12)8-9-6-4-3-5-7-9/h3-7,10H,8H2,1-2H3. The summed E-state index contributed by atoms with van der Waals surface area (Å²) in [5.41, 5.74) is 1.19. The monoisotopic (exact) mass is 212 g/mol. The first kappa shape index (κ1) is 11.6. The summed E-state index contributed by atoms with van der Waals surface area (Å²) >= 11 is 6.13. The lowest BCUT2D eigenvalue weighted by molar-refractivity contribution is 0.275. The SMILES string of the molecule is COB(OC)C(Cl)Cc1ccccc1. The molecule has 0 saturated carbocycles. The zero-order chi connectivity index (χ0) is 10.4. The van der Waals surface area contributed by atoms with E-state index in [1.54, 1.807) is 14.2 Å². The van der Waals surface area contributed by atoms with Crippen molar-refractivity contribution in [2.45, 2.75) is 11.7 Å². The molecular weight excluding hydrogens is 198 g/mol. The van der Waals surface area contributed by atoms with E-state index < -0.39 is 0 Å². The zero-order valence-electron chi connectivity index (χ0n) is 8.44. The summed E-state index contributed by atoms with van der Waals surface area (Å²) in [5, 5.41) is -0.160. The molecule has 1 unspecified atom stereocenters. The first-order chi connectivity index (χ1) is 6.77. The highest BCUT2D eigenvalue weighted by Gasteiger charge is 2.26. The molecule has 0 heterocycles. The zero-order valence-corrected chi connectivity index (χ0v) is 9.20. The van der Waals surface area contributed by atoms with E-state index in [0.717, 1.165) is 6.42 Å². The number of hydrogen-bond donors (Lipinski definition) is 0. The third-order valence-electron chi connectivity index (χ3n) is 2.03. The largest absolute Gasteiger partial charge is 0.475 e. The minimum Gasteiger partial charge on any atom is -0.413 e. The fourth-order valence-electron chi connectivity index (χ4n) is 1.33. The van der Waals surface area contributed by atoms with Crippen LogP contribution in [0.4, 0.5) is 0 Å². The van der Waals surface area contributed by atoms with Crippen molar-refractivity contribution in [3.63, 3.8) is 0 Å². The van der Waals surface area contributed by atoms with Crippen LogP contribution in [0, 0.1) is 0 Å². The van der Waals surface area contributed by atoms with E-state index in [4.69, 9.17) is 20.9 Å². The van der Waals surface area contributed by atoms with E-state index >= 15 is 0 Å². The molecule has 2 nitrogen and oxygen atoms in total. The van der Waals surface area contributed by atoms with Gasteiger partial charge < -0.3 is 9.31 Å². The Morgan fingerprint density at radius 2 is 1.79 bits per heavy atom. The van der Waals surface area contributed by atoms with Crippen LogP contribution in [0.3, 0.4) is 0 Å². The Bertz CT molecular complexity index is 252. The van der Waals surface area contributed by atoms with Crippen molar-refractivity contribution in [3.05, 3.63) is 35.9 Å². The molecule has 0 aliphatic carbocycles. The van der Waals surface area contributed by atoms with Crippen LogP contribution in [0.2, 0.25) is 0 Å². The summed E-state index contributed by atoms with van der Waals surface area (Å²) in [7, 11) is 2.83. The van der Waals surface area contributed by atoms with Crippen molar-refractivity contribution < 1.29 is 9.31 Å². The molecule has 0 amide bonds. The number of rotatable bonds is 5. The first-order valence-electron chi connectivity index (χ1n) is 4.51. The van der Waals surface area contributed by atoms with Gasteiger partial charge in [0.2, 0.25) is 0 Å². The third-order valence-corrected chi connectivity index (χ3v) is 2.39. The average Bonchev–Trinajstić information content (AvgIpc) is 2.21. The first-order valence-corrected chi connectivity index (χ1v) is 4.95. The van der Waals surface area contributed by atoms with Gasteiger partial charge in [-0.2, -0.15) is 0 Å². The highest BCUT2D eigenvalue weighted by Crippen LogP contribution is 2.11. The van der Waals surface area contributed by atoms with Gasteiger partial charge in [-0.05, 0) is 12.0 Å². The van der Waals surface area contributed by atoms with E-state index in [-0.39, 0.29) is 12.4 Å². The van der Waals surface area contributed by atoms with Gasteiger partial charge in [0.15, 0.2) is 0 Å². The summed E-state index contributed by atoms with van der Waals surface area (Å²) < 4.78 is 10.2. The van der Waals surface area contributed by atoms with E-state index in [1.807, 2.05) is 30.3 Å². The molecule has 0 N–H and O–H groups in total. The highest BCUT2D eigenvalue weighted by molar-refractivity contribution is 6.59. The molecule has 0 bridgehead atoms. The molecule has 1 aromatic carbocycles. The minimum absolute atomic E-state index is 0.160. The van der Waals surface area contributed by atoms with Gasteiger partial charge in [-0.1, -0.05) is 30.3 Å². The Morgan fingerprint density at radius 1 is 1.21 bits per heavy atom. The Hall–Kier alpha value is -0.505. The highest BCUT2D eigenvalue weighted by atomic mass is 35.5. The summed E-state index contributed by atoms with van der Waals surface area (Å²) in [5.74, 6) is 0. The lowest BCUT2D eigenvalue weighted by atomic mass is 9.80. The van der Waals surface area contributed by atoms with Crippen LogP contribution < -0.4 is 0 Å². The molecule has 0 radical (unpaired) electrons. The molecule has 1 rings (SSSR count). The van der Waals surface area contributed by atoms with Crippen LogP contribution in [0.1, 0.15) is 5.56 Å². The fraction of sp³-hybridized carbons (Fsp3) is 0.400. The van der Waals surface area contributed by atoms with Gasteiger partial charge in [0.1, 0.15) is 0 Å². The summed E-state index contributed by atoms with van der Waals surface area (Å²) in [6.45, 7) is 0. The normalized spacial score (nSPS) is 12.5. The van der Waals surface area contributed by atoms with E-state index in [9.17, 15) is 0 Å². The van der Waals surface area contributed by atoms with Gasteiger partial charge in [0, 0.05) is 14.2 Å². The van der Waals surface area contributed by atoms with Crippen LogP contribution in [-0.4, -0.2) is 26.6 Å². The smallest absolute Gasteiger partial charge is 0.413 e. The summed E-state index contributed by atoms with van der Waals surface area (Å²) in [6.07, 6.45) is 0.745. The summed E-state index contributed by atoms with van der Waals surface area (Å²) in [6, 6.07) is 10.0. The lowest BCUT2D eigenvalue weighted by Gasteiger charge is -2.14. The second-order valence-electron chi connectivity index (χ2n) is 3.05. The molecule has 1 aromatic rings. The van der Waals surface area contributed by atoms with Crippen molar-refractivity contribution in [2.75, 3.05) is 14.2 Å². The molecule has 0 aromatic heterocycles. The molecule has 1 atom stereocenters. The minimum atomic E-state index is -0.350. The maximum Gasteiger partial charge on any atom is 0.475 e. The Labute approximate surface area is 90.3 Å². The Morgan fingerprint density at radius 3 is 2.29 bits per heavy atom. The van der Waals surface area contributed by atoms with Gasteiger partial charge >= 0.3 is 7.12 Å². The number of hydrogen-bond acceptors (Lipinski definition) is 2. The average molecular weight is 212 g/mol. The second kappa shape index (κ2) is 6.07. The number of alkyl halides is 1. The fourth-order valence-corrected chi connectivity index (χ4v) is 1.71. The van der Waals surface area contributed by atoms with Crippen LogP contribution in [0.25, 0.3) is 0 Å². The predicted molar refractivity (Wildman–Crippen MR) is 59.6 cm³/mol. The van der Waals surface area contributed by atoms with Crippen molar-refractivity contribution in [1.82, 2.24) is 0 Å². The van der Waals surface area contributed by atoms with Crippen LogP contribution in [-0.2, 0) is 15.7 Å². The third kappa shape index (κ3) is 3.33. The maximum absolute atomic E-state index is 6.13. The molecule has 0 fully saturated rings. The van der Waals surface area contributed by atoms with Gasteiger partial charge in [-0.3, -0.25) is 0 Å². The van der Waals surface area contributed by atoms with Crippen LogP contribution >= 0.6 is 11.6 Å². The Kier molecular flexibility index (Phi) is 5.01. The topological polar surface area (TPSA) is 18.5 Å². The number of halogens is 1. The van der Waals surface area contributed by atoms with Gasteiger partial charge in [-0.15, -0.1) is 11.6 Å².